The van der Waals surface area contributed by atoms with Gasteiger partial charge in [-0.05, 0) is 18.2 Å². The molecule has 5 nitrogen and oxygen atoms in total. The predicted octanol–water partition coefficient (Wildman–Crippen LogP) is 1.41. The van der Waals surface area contributed by atoms with Crippen molar-refractivity contribution in [1.82, 2.24) is 5.32 Å². The first-order chi connectivity index (χ1) is 8.08. The fourth-order valence-electron chi connectivity index (χ4n) is 1.27. The van der Waals surface area contributed by atoms with Crippen LogP contribution < -0.4 is 16.4 Å². The first kappa shape index (κ1) is 16.7. The number of amides is 2. The van der Waals surface area contributed by atoms with E-state index in [1.54, 1.807) is 12.1 Å². The minimum absolute atomic E-state index is 0. The van der Waals surface area contributed by atoms with Crippen LogP contribution in [0.3, 0.4) is 0 Å². The van der Waals surface area contributed by atoms with E-state index in [0.717, 1.165) is 0 Å². The third-order valence-electron chi connectivity index (χ3n) is 2.09. The van der Waals surface area contributed by atoms with E-state index in [1.807, 2.05) is 0 Å². The van der Waals surface area contributed by atoms with Gasteiger partial charge in [0.2, 0.25) is 5.91 Å². The lowest BCUT2D eigenvalue weighted by Gasteiger charge is -2.08. The number of anilines is 1. The lowest BCUT2D eigenvalue weighted by atomic mass is 10.2. The van der Waals surface area contributed by atoms with E-state index in [4.69, 9.17) is 17.3 Å². The van der Waals surface area contributed by atoms with Crippen LogP contribution in [0.15, 0.2) is 18.2 Å². The Morgan fingerprint density at radius 1 is 1.39 bits per heavy atom. The number of carbonyl (C=O) groups is 2. The molecule has 18 heavy (non-hydrogen) atoms. The second-order valence-corrected chi connectivity index (χ2v) is 3.77. The van der Waals surface area contributed by atoms with Crippen LogP contribution in [-0.2, 0) is 4.79 Å². The van der Waals surface area contributed by atoms with Crippen LogP contribution in [0.4, 0.5) is 5.69 Å². The Kier molecular flexibility index (Phi) is 7.35. The molecule has 0 heterocycles. The Bertz CT molecular complexity index is 438. The normalized spacial score (nSPS) is 9.28. The van der Waals surface area contributed by atoms with Crippen molar-refractivity contribution < 1.29 is 9.59 Å². The Morgan fingerprint density at radius 3 is 2.61 bits per heavy atom. The number of hydrogen-bond donors (Lipinski definition) is 3. The van der Waals surface area contributed by atoms with Crippen molar-refractivity contribution in [2.45, 2.75) is 6.42 Å². The summed E-state index contributed by atoms with van der Waals surface area (Å²) in [5.41, 5.74) is 6.10. The molecule has 0 saturated carbocycles. The van der Waals surface area contributed by atoms with Gasteiger partial charge in [-0.3, -0.25) is 9.59 Å². The molecule has 0 aromatic heterocycles. The molecule has 0 saturated heterocycles. The molecule has 100 valence electrons. The molecular weight excluding hydrogens is 277 g/mol. The maximum atomic E-state index is 11.5. The first-order valence-corrected chi connectivity index (χ1v) is 5.48. The highest BCUT2D eigenvalue weighted by atomic mass is 35.5. The van der Waals surface area contributed by atoms with Crippen LogP contribution in [0, 0.1) is 0 Å². The molecule has 0 aliphatic heterocycles. The number of rotatable bonds is 4. The van der Waals surface area contributed by atoms with Crippen LogP contribution in [0.25, 0.3) is 0 Å². The van der Waals surface area contributed by atoms with E-state index in [1.165, 1.54) is 13.1 Å². The zero-order valence-electron chi connectivity index (χ0n) is 9.83. The summed E-state index contributed by atoms with van der Waals surface area (Å²) in [5, 5.41) is 5.44. The molecule has 0 bridgehead atoms. The standard InChI is InChI=1S/C11H14ClN3O2.ClH/c1-14-11(17)8-6-7(2-3-9(8)12)15-10(16)4-5-13;/h2-3,6H,4-5,13H2,1H3,(H,14,17)(H,15,16);1H. The zero-order valence-corrected chi connectivity index (χ0v) is 11.4. The Morgan fingerprint density at radius 2 is 2.06 bits per heavy atom. The molecule has 1 rings (SSSR count). The molecule has 0 fully saturated rings. The lowest BCUT2D eigenvalue weighted by Crippen LogP contribution is -2.19. The average molecular weight is 292 g/mol. The quantitative estimate of drug-likeness (QED) is 0.784. The van der Waals surface area contributed by atoms with Crippen LogP contribution in [0.5, 0.6) is 0 Å². The van der Waals surface area contributed by atoms with Gasteiger partial charge >= 0.3 is 0 Å². The summed E-state index contributed by atoms with van der Waals surface area (Å²) in [6, 6.07) is 4.71. The lowest BCUT2D eigenvalue weighted by molar-refractivity contribution is -0.116. The first-order valence-electron chi connectivity index (χ1n) is 5.10. The molecule has 7 heteroatoms. The summed E-state index contributed by atoms with van der Waals surface area (Å²) in [5.74, 6) is -0.498. The van der Waals surface area contributed by atoms with E-state index in [0.29, 0.717) is 16.3 Å². The molecule has 0 unspecified atom stereocenters. The Hall–Kier alpha value is -1.30. The van der Waals surface area contributed by atoms with E-state index in [-0.39, 0.29) is 37.2 Å². The summed E-state index contributed by atoms with van der Waals surface area (Å²) < 4.78 is 0. The topological polar surface area (TPSA) is 84.2 Å². The van der Waals surface area contributed by atoms with Crippen molar-refractivity contribution in [3.8, 4) is 0 Å². The summed E-state index contributed by atoms with van der Waals surface area (Å²) in [6.07, 6.45) is 0.234. The van der Waals surface area contributed by atoms with E-state index in [9.17, 15) is 9.59 Å². The highest BCUT2D eigenvalue weighted by Gasteiger charge is 2.10. The molecule has 4 N–H and O–H groups in total. The summed E-state index contributed by atoms with van der Waals surface area (Å²) >= 11 is 5.87. The monoisotopic (exact) mass is 291 g/mol. The van der Waals surface area contributed by atoms with Crippen molar-refractivity contribution >= 4 is 41.5 Å². The van der Waals surface area contributed by atoms with Crippen molar-refractivity contribution in [2.24, 2.45) is 5.73 Å². The molecule has 0 atom stereocenters. The molecule has 0 radical (unpaired) electrons. The third-order valence-corrected chi connectivity index (χ3v) is 2.42. The van der Waals surface area contributed by atoms with Gasteiger partial charge in [0.25, 0.3) is 5.91 Å². The average Bonchev–Trinajstić information content (AvgIpc) is 2.31. The minimum Gasteiger partial charge on any atom is -0.355 e. The van der Waals surface area contributed by atoms with Crippen molar-refractivity contribution in [3.05, 3.63) is 28.8 Å². The number of hydrogen-bond acceptors (Lipinski definition) is 3. The van der Waals surface area contributed by atoms with Gasteiger partial charge < -0.3 is 16.4 Å². The number of nitrogens with two attached hydrogens (primary N) is 1. The van der Waals surface area contributed by atoms with Gasteiger partial charge in [-0.25, -0.2) is 0 Å². The molecule has 1 aromatic rings. The maximum absolute atomic E-state index is 11.5. The minimum atomic E-state index is -0.301. The summed E-state index contributed by atoms with van der Waals surface area (Å²) in [6.45, 7) is 0.279. The van der Waals surface area contributed by atoms with Gasteiger partial charge in [-0.2, -0.15) is 0 Å². The van der Waals surface area contributed by atoms with Crippen LogP contribution in [0.1, 0.15) is 16.8 Å². The van der Waals surface area contributed by atoms with Gasteiger partial charge in [0.05, 0.1) is 10.6 Å². The van der Waals surface area contributed by atoms with Crippen LogP contribution >= 0.6 is 24.0 Å². The fraction of sp³-hybridized carbons (Fsp3) is 0.273. The van der Waals surface area contributed by atoms with Crippen LogP contribution in [-0.4, -0.2) is 25.4 Å². The van der Waals surface area contributed by atoms with Gasteiger partial charge in [0.15, 0.2) is 0 Å². The number of benzene rings is 1. The van der Waals surface area contributed by atoms with Crippen molar-refractivity contribution in [1.29, 1.82) is 0 Å². The van der Waals surface area contributed by atoms with Gasteiger partial charge in [-0.1, -0.05) is 11.6 Å². The van der Waals surface area contributed by atoms with Gasteiger partial charge in [-0.15, -0.1) is 12.4 Å². The highest BCUT2D eigenvalue weighted by molar-refractivity contribution is 6.34. The van der Waals surface area contributed by atoms with Crippen molar-refractivity contribution in [3.63, 3.8) is 0 Å². The largest absolute Gasteiger partial charge is 0.355 e. The SMILES string of the molecule is CNC(=O)c1cc(NC(=O)CCN)ccc1Cl.Cl. The Balaban J connectivity index is 0.00000289. The third kappa shape index (κ3) is 4.52. The van der Waals surface area contributed by atoms with Gasteiger partial charge in [0, 0.05) is 25.7 Å². The molecule has 1 aromatic carbocycles. The maximum Gasteiger partial charge on any atom is 0.252 e. The second kappa shape index (κ2) is 7.92. The molecule has 2 amide bonds. The smallest absolute Gasteiger partial charge is 0.252 e. The molecule has 0 aliphatic carbocycles. The Labute approximate surface area is 116 Å². The predicted molar refractivity (Wildman–Crippen MR) is 74.4 cm³/mol. The zero-order chi connectivity index (χ0) is 12.8. The van der Waals surface area contributed by atoms with Crippen LogP contribution in [0.2, 0.25) is 5.02 Å². The molecule has 0 aliphatic rings. The number of nitrogens with one attached hydrogen (secondary N) is 2. The molecule has 0 spiro atoms. The molecular formula is C11H15Cl2N3O2. The van der Waals surface area contributed by atoms with E-state index < -0.39 is 0 Å². The van der Waals surface area contributed by atoms with E-state index >= 15 is 0 Å². The number of carbonyl (C=O) groups excluding carboxylic acids is 2. The second-order valence-electron chi connectivity index (χ2n) is 3.36. The van der Waals surface area contributed by atoms with Gasteiger partial charge in [0.1, 0.15) is 0 Å². The fourth-order valence-corrected chi connectivity index (χ4v) is 1.47. The number of halogens is 2. The summed E-state index contributed by atoms with van der Waals surface area (Å²) in [4.78, 5) is 22.8. The van der Waals surface area contributed by atoms with Crippen molar-refractivity contribution in [2.75, 3.05) is 18.9 Å². The van der Waals surface area contributed by atoms with E-state index in [2.05, 4.69) is 10.6 Å². The summed E-state index contributed by atoms with van der Waals surface area (Å²) in [7, 11) is 1.51. The highest BCUT2D eigenvalue weighted by Crippen LogP contribution is 2.20.